The van der Waals surface area contributed by atoms with Crippen molar-refractivity contribution in [2.75, 3.05) is 18.4 Å². The van der Waals surface area contributed by atoms with Gasteiger partial charge in [0.1, 0.15) is 0 Å². The number of carbonyl (C=O) groups excluding carboxylic acids is 1. The van der Waals surface area contributed by atoms with Gasteiger partial charge in [0.25, 0.3) is 0 Å². The van der Waals surface area contributed by atoms with Crippen LogP contribution in [0.1, 0.15) is 33.6 Å². The molecule has 0 aliphatic heterocycles. The Morgan fingerprint density at radius 1 is 1.42 bits per heavy atom. The number of nitrogens with one attached hydrogen (secondary N) is 2. The molecule has 0 unspecified atom stereocenters. The molecule has 7 heteroatoms. The van der Waals surface area contributed by atoms with Gasteiger partial charge >= 0.3 is 6.01 Å². The summed E-state index contributed by atoms with van der Waals surface area (Å²) in [6, 6.07) is 0.302. The summed E-state index contributed by atoms with van der Waals surface area (Å²) >= 11 is 0. The van der Waals surface area contributed by atoms with Crippen molar-refractivity contribution in [3.8, 4) is 0 Å². The minimum Gasteiger partial charge on any atom is -0.407 e. The number of primary amides is 1. The lowest BCUT2D eigenvalue weighted by atomic mass is 9.93. The molecule has 0 saturated heterocycles. The van der Waals surface area contributed by atoms with Crippen LogP contribution in [0.3, 0.4) is 0 Å². The molecule has 108 valence electrons. The van der Waals surface area contributed by atoms with Gasteiger partial charge in [0.05, 0.1) is 12.0 Å². The first-order chi connectivity index (χ1) is 8.81. The molecule has 0 aromatic carbocycles. The van der Waals surface area contributed by atoms with Crippen LogP contribution >= 0.6 is 0 Å². The molecule has 0 aliphatic carbocycles. The van der Waals surface area contributed by atoms with Crippen LogP contribution in [0, 0.1) is 11.3 Å². The second-order valence-electron chi connectivity index (χ2n) is 5.63. The number of rotatable bonds is 8. The van der Waals surface area contributed by atoms with Crippen molar-refractivity contribution in [1.82, 2.24) is 15.5 Å². The molecular formula is C12H23N5O2. The highest BCUT2D eigenvalue weighted by atomic mass is 16.4. The molecule has 0 aliphatic rings. The zero-order valence-corrected chi connectivity index (χ0v) is 12.0. The molecule has 1 rings (SSSR count). The maximum Gasteiger partial charge on any atom is 0.315 e. The molecule has 0 spiro atoms. The highest BCUT2D eigenvalue weighted by Gasteiger charge is 2.25. The van der Waals surface area contributed by atoms with E-state index in [9.17, 15) is 4.79 Å². The topological polar surface area (TPSA) is 106 Å². The van der Waals surface area contributed by atoms with Crippen molar-refractivity contribution in [1.29, 1.82) is 0 Å². The zero-order chi connectivity index (χ0) is 14.5. The second kappa shape index (κ2) is 6.51. The number of nitrogens with two attached hydrogens (primary N) is 1. The molecule has 19 heavy (non-hydrogen) atoms. The number of hydrogen-bond donors (Lipinski definition) is 3. The van der Waals surface area contributed by atoms with Crippen molar-refractivity contribution in [3.63, 3.8) is 0 Å². The lowest BCUT2D eigenvalue weighted by Crippen LogP contribution is -2.37. The van der Waals surface area contributed by atoms with Crippen LogP contribution in [0.2, 0.25) is 0 Å². The van der Waals surface area contributed by atoms with Crippen molar-refractivity contribution in [2.24, 2.45) is 17.1 Å². The fourth-order valence-electron chi connectivity index (χ4n) is 1.25. The number of aromatic nitrogens is 2. The minimum absolute atomic E-state index is 0.302. The van der Waals surface area contributed by atoms with E-state index in [0.717, 1.165) is 6.54 Å². The molecule has 0 radical (unpaired) electrons. The maximum atomic E-state index is 11.2. The van der Waals surface area contributed by atoms with Gasteiger partial charge in [-0.1, -0.05) is 18.9 Å². The number of hydrogen-bond acceptors (Lipinski definition) is 6. The summed E-state index contributed by atoms with van der Waals surface area (Å²) in [4.78, 5) is 11.2. The average Bonchev–Trinajstić information content (AvgIpc) is 2.74. The molecule has 1 heterocycles. The Balaban J connectivity index is 2.40. The molecule has 1 amide bonds. The summed E-state index contributed by atoms with van der Waals surface area (Å²) in [6.07, 6.45) is 0. The summed E-state index contributed by atoms with van der Waals surface area (Å²) < 4.78 is 5.39. The molecule has 1 aromatic rings. The fraction of sp³-hybridized carbons (Fsp3) is 0.750. The molecule has 7 nitrogen and oxygen atoms in total. The van der Waals surface area contributed by atoms with Crippen LogP contribution in [-0.2, 0) is 11.3 Å². The molecular weight excluding hydrogens is 246 g/mol. The Labute approximate surface area is 113 Å². The van der Waals surface area contributed by atoms with Crippen molar-refractivity contribution in [3.05, 3.63) is 5.89 Å². The lowest BCUT2D eigenvalue weighted by molar-refractivity contribution is -0.125. The highest BCUT2D eigenvalue weighted by Crippen LogP contribution is 2.15. The monoisotopic (exact) mass is 269 g/mol. The Bertz CT molecular complexity index is 414. The van der Waals surface area contributed by atoms with E-state index in [1.54, 1.807) is 13.8 Å². The van der Waals surface area contributed by atoms with Gasteiger partial charge in [-0.15, -0.1) is 5.10 Å². The number of amides is 1. The van der Waals surface area contributed by atoms with E-state index in [1.807, 2.05) is 0 Å². The second-order valence-corrected chi connectivity index (χ2v) is 5.63. The van der Waals surface area contributed by atoms with Crippen molar-refractivity contribution >= 4 is 11.9 Å². The highest BCUT2D eigenvalue weighted by molar-refractivity contribution is 5.80. The summed E-state index contributed by atoms with van der Waals surface area (Å²) in [7, 11) is 0. The normalized spacial score (nSPS) is 11.8. The van der Waals surface area contributed by atoms with Gasteiger partial charge in [-0.3, -0.25) is 4.79 Å². The standard InChI is InChI=1S/C12H23N5O2/c1-8(2)5-14-6-9-16-17-11(19-9)15-7-12(3,4)10(13)18/h8,14H,5-7H2,1-4H3,(H2,13,18)(H,15,17). The Hall–Kier alpha value is -1.63. The van der Waals surface area contributed by atoms with E-state index in [-0.39, 0.29) is 5.91 Å². The predicted molar refractivity (Wildman–Crippen MR) is 72.3 cm³/mol. The van der Waals surface area contributed by atoms with E-state index in [2.05, 4.69) is 34.7 Å². The van der Waals surface area contributed by atoms with Gasteiger partial charge in [-0.05, 0) is 26.3 Å². The third kappa shape index (κ3) is 5.25. The lowest BCUT2D eigenvalue weighted by Gasteiger charge is -2.19. The quantitative estimate of drug-likeness (QED) is 0.642. The first kappa shape index (κ1) is 15.4. The third-order valence-electron chi connectivity index (χ3n) is 2.64. The Morgan fingerprint density at radius 3 is 2.68 bits per heavy atom. The van der Waals surface area contributed by atoms with Crippen molar-refractivity contribution in [2.45, 2.75) is 34.2 Å². The molecule has 1 aromatic heterocycles. The third-order valence-corrected chi connectivity index (χ3v) is 2.64. The maximum absolute atomic E-state index is 11.2. The first-order valence-corrected chi connectivity index (χ1v) is 6.38. The number of carbonyl (C=O) groups is 1. The van der Waals surface area contributed by atoms with Crippen LogP contribution in [0.25, 0.3) is 0 Å². The van der Waals surface area contributed by atoms with Gasteiger partial charge < -0.3 is 20.8 Å². The molecule has 0 saturated carbocycles. The van der Waals surface area contributed by atoms with Crippen LogP contribution in [-0.4, -0.2) is 29.2 Å². The smallest absolute Gasteiger partial charge is 0.315 e. The SMILES string of the molecule is CC(C)CNCc1nnc(NCC(C)(C)C(N)=O)o1. The Kier molecular flexibility index (Phi) is 5.29. The molecule has 0 atom stereocenters. The van der Waals surface area contributed by atoms with Crippen LogP contribution in [0.5, 0.6) is 0 Å². The number of nitrogens with zero attached hydrogens (tertiary/aromatic N) is 2. The van der Waals surface area contributed by atoms with E-state index in [0.29, 0.717) is 30.9 Å². The van der Waals surface area contributed by atoms with E-state index in [4.69, 9.17) is 10.2 Å². The van der Waals surface area contributed by atoms with Gasteiger partial charge in [-0.2, -0.15) is 0 Å². The molecule has 0 bridgehead atoms. The molecule has 4 N–H and O–H groups in total. The summed E-state index contributed by atoms with van der Waals surface area (Å²) in [5.41, 5.74) is 4.62. The predicted octanol–water partition coefficient (Wildman–Crippen LogP) is 0.739. The van der Waals surface area contributed by atoms with Gasteiger partial charge in [0.2, 0.25) is 11.8 Å². The van der Waals surface area contributed by atoms with Crippen LogP contribution in [0.4, 0.5) is 6.01 Å². The molecule has 0 fully saturated rings. The van der Waals surface area contributed by atoms with Crippen molar-refractivity contribution < 1.29 is 9.21 Å². The summed E-state index contributed by atoms with van der Waals surface area (Å²) in [5.74, 6) is 0.704. The summed E-state index contributed by atoms with van der Waals surface area (Å²) in [6.45, 7) is 9.53. The zero-order valence-electron chi connectivity index (χ0n) is 12.0. The van der Waals surface area contributed by atoms with E-state index in [1.165, 1.54) is 0 Å². The number of anilines is 1. The van der Waals surface area contributed by atoms with Crippen LogP contribution < -0.4 is 16.4 Å². The van der Waals surface area contributed by atoms with E-state index < -0.39 is 5.41 Å². The summed E-state index contributed by atoms with van der Waals surface area (Å²) in [5, 5.41) is 13.9. The van der Waals surface area contributed by atoms with Gasteiger partial charge in [0.15, 0.2) is 0 Å². The first-order valence-electron chi connectivity index (χ1n) is 6.38. The fourth-order valence-corrected chi connectivity index (χ4v) is 1.25. The average molecular weight is 269 g/mol. The largest absolute Gasteiger partial charge is 0.407 e. The Morgan fingerprint density at radius 2 is 2.11 bits per heavy atom. The van der Waals surface area contributed by atoms with Gasteiger partial charge in [-0.25, -0.2) is 0 Å². The minimum atomic E-state index is -0.662. The van der Waals surface area contributed by atoms with E-state index >= 15 is 0 Å². The van der Waals surface area contributed by atoms with Crippen LogP contribution in [0.15, 0.2) is 4.42 Å². The van der Waals surface area contributed by atoms with Gasteiger partial charge in [0, 0.05) is 6.54 Å².